The van der Waals surface area contributed by atoms with Crippen molar-refractivity contribution in [3.8, 4) is 0 Å². The minimum absolute atomic E-state index is 0.0760. The highest BCUT2D eigenvalue weighted by molar-refractivity contribution is 5.88. The number of rotatable bonds is 7. The Bertz CT molecular complexity index is 1070. The Morgan fingerprint density at radius 2 is 1.79 bits per heavy atom. The molecule has 1 heterocycles. The van der Waals surface area contributed by atoms with Crippen LogP contribution in [0, 0.1) is 5.92 Å². The summed E-state index contributed by atoms with van der Waals surface area (Å²) in [5.74, 6) is -4.27. The van der Waals surface area contributed by atoms with Crippen molar-refractivity contribution in [3.05, 3.63) is 22.8 Å². The summed E-state index contributed by atoms with van der Waals surface area (Å²) in [5.41, 5.74) is -6.00. The highest BCUT2D eigenvalue weighted by atomic mass is 16.6. The molecule has 3 aliphatic rings. The number of allylic oxidation sites excluding steroid dienone is 1. The summed E-state index contributed by atoms with van der Waals surface area (Å²) in [6.45, 7) is 10.3. The second-order valence-corrected chi connectivity index (χ2v) is 10.8. The van der Waals surface area contributed by atoms with Gasteiger partial charge in [-0.1, -0.05) is 19.4 Å². The lowest BCUT2D eigenvalue weighted by Crippen LogP contribution is -2.63. The van der Waals surface area contributed by atoms with Crippen LogP contribution in [0.1, 0.15) is 74.1 Å². The fraction of sp³-hybridized carbons (Fsp3) is 0.704. The maximum atomic E-state index is 12.9. The van der Waals surface area contributed by atoms with E-state index in [0.717, 1.165) is 20.3 Å². The van der Waals surface area contributed by atoms with Gasteiger partial charge in [0.2, 0.25) is 0 Å². The Kier molecular flexibility index (Phi) is 8.17. The van der Waals surface area contributed by atoms with E-state index >= 15 is 0 Å². The highest BCUT2D eigenvalue weighted by Gasteiger charge is 2.74. The molecule has 0 aromatic heterocycles. The topological polar surface area (TPSA) is 166 Å². The summed E-state index contributed by atoms with van der Waals surface area (Å²) in [6.07, 6.45) is -3.40. The molecule has 0 radical (unpaired) electrons. The molecule has 2 fully saturated rings. The molecule has 0 aromatic rings. The van der Waals surface area contributed by atoms with Gasteiger partial charge in [-0.05, 0) is 52.2 Å². The molecule has 0 aromatic carbocycles. The van der Waals surface area contributed by atoms with Gasteiger partial charge in [0, 0.05) is 25.3 Å². The van der Waals surface area contributed by atoms with Gasteiger partial charge in [-0.2, -0.15) is 0 Å². The van der Waals surface area contributed by atoms with Crippen LogP contribution in [0.15, 0.2) is 22.8 Å². The van der Waals surface area contributed by atoms with E-state index in [0.29, 0.717) is 6.42 Å². The van der Waals surface area contributed by atoms with Crippen LogP contribution in [0.5, 0.6) is 0 Å². The minimum Gasteiger partial charge on any atom is -0.459 e. The van der Waals surface area contributed by atoms with Crippen molar-refractivity contribution in [2.45, 2.75) is 115 Å². The van der Waals surface area contributed by atoms with Gasteiger partial charge >= 0.3 is 23.9 Å². The monoisotopic (exact) mass is 538 g/mol. The number of unbranched alkanes of at least 4 members (excludes halogenated alkanes) is 1. The van der Waals surface area contributed by atoms with Crippen molar-refractivity contribution < 1.29 is 53.4 Å². The van der Waals surface area contributed by atoms with E-state index in [4.69, 9.17) is 18.9 Å². The average Bonchev–Trinajstić information content (AvgIpc) is 3.16. The summed E-state index contributed by atoms with van der Waals surface area (Å²) in [7, 11) is 0. The van der Waals surface area contributed by atoms with Gasteiger partial charge in [0.05, 0.1) is 12.0 Å². The zero-order valence-corrected chi connectivity index (χ0v) is 22.9. The lowest BCUT2D eigenvalue weighted by atomic mass is 9.75. The van der Waals surface area contributed by atoms with Gasteiger partial charge in [0.15, 0.2) is 29.5 Å². The van der Waals surface area contributed by atoms with Crippen LogP contribution in [-0.4, -0.2) is 80.4 Å². The number of carbonyl (C=O) groups excluding carboxylic acids is 4. The highest BCUT2D eigenvalue weighted by Crippen LogP contribution is 2.56. The van der Waals surface area contributed by atoms with E-state index in [1.54, 1.807) is 26.8 Å². The van der Waals surface area contributed by atoms with E-state index in [9.17, 15) is 34.5 Å². The Labute approximate surface area is 221 Å². The van der Waals surface area contributed by atoms with Crippen LogP contribution < -0.4 is 0 Å². The third-order valence-corrected chi connectivity index (χ3v) is 8.06. The first-order chi connectivity index (χ1) is 17.6. The van der Waals surface area contributed by atoms with Crippen molar-refractivity contribution in [1.82, 2.24) is 0 Å². The second kappa shape index (κ2) is 10.4. The number of esters is 4. The summed E-state index contributed by atoms with van der Waals surface area (Å²) in [6, 6.07) is 0. The Balaban J connectivity index is 2.26. The number of hydrogen-bond donors (Lipinski definition) is 3. The molecule has 212 valence electrons. The quantitative estimate of drug-likeness (QED) is 0.186. The van der Waals surface area contributed by atoms with Gasteiger partial charge in [-0.25, -0.2) is 9.59 Å². The summed E-state index contributed by atoms with van der Waals surface area (Å²) in [5, 5.41) is 33.9. The van der Waals surface area contributed by atoms with E-state index in [1.807, 2.05) is 6.92 Å². The maximum absolute atomic E-state index is 12.9. The summed E-state index contributed by atoms with van der Waals surface area (Å²) in [4.78, 5) is 50.6. The molecule has 11 nitrogen and oxygen atoms in total. The third kappa shape index (κ3) is 4.65. The molecule has 11 heteroatoms. The lowest BCUT2D eigenvalue weighted by Gasteiger charge is -2.40. The molecule has 0 amide bonds. The number of ether oxygens (including phenoxy) is 4. The molecule has 0 spiro atoms. The molecule has 3 N–H and O–H groups in total. The molecule has 3 rings (SSSR count). The first kappa shape index (κ1) is 29.8. The third-order valence-electron chi connectivity index (χ3n) is 8.06. The number of aliphatic hydroxyl groups excluding tert-OH is 1. The Morgan fingerprint density at radius 3 is 2.34 bits per heavy atom. The molecule has 0 bridgehead atoms. The van der Waals surface area contributed by atoms with Gasteiger partial charge in [0.25, 0.3) is 0 Å². The molecular formula is C27H38O11. The molecule has 1 aliphatic heterocycles. The zero-order chi connectivity index (χ0) is 28.8. The molecule has 2 aliphatic carbocycles. The maximum Gasteiger partial charge on any atom is 0.341 e. The van der Waals surface area contributed by atoms with Crippen LogP contribution in [0.25, 0.3) is 0 Å². The van der Waals surface area contributed by atoms with Crippen molar-refractivity contribution >= 4 is 23.9 Å². The molecule has 1 saturated carbocycles. The van der Waals surface area contributed by atoms with Gasteiger partial charge in [-0.3, -0.25) is 9.59 Å². The largest absolute Gasteiger partial charge is 0.459 e. The molecule has 8 atom stereocenters. The molecular weight excluding hydrogens is 500 g/mol. The number of hydrogen-bond acceptors (Lipinski definition) is 11. The van der Waals surface area contributed by atoms with Crippen molar-refractivity contribution in [1.29, 1.82) is 0 Å². The fourth-order valence-electron chi connectivity index (χ4n) is 5.83. The number of carbonyl (C=O) groups is 4. The van der Waals surface area contributed by atoms with Gasteiger partial charge in [-0.15, -0.1) is 0 Å². The first-order valence-electron chi connectivity index (χ1n) is 12.8. The van der Waals surface area contributed by atoms with Crippen LogP contribution in [0.2, 0.25) is 0 Å². The number of aliphatic hydroxyl groups is 3. The SMILES string of the molecule is C/C=C(\C)C(=O)O[C@@H]1C(C)=C2C(C1OC(=O)CCCC)[C@](C)(OC(C)=O)C[C@@H](O)[C@]1(O)[C@@H]2OC(=O)[C@]1(C)O. The lowest BCUT2D eigenvalue weighted by molar-refractivity contribution is -0.199. The normalized spacial score (nSPS) is 38.6. The predicted octanol–water partition coefficient (Wildman–Crippen LogP) is 1.41. The van der Waals surface area contributed by atoms with Crippen molar-refractivity contribution in [2.24, 2.45) is 5.92 Å². The predicted molar refractivity (Wildman–Crippen MR) is 131 cm³/mol. The molecule has 2 unspecified atom stereocenters. The van der Waals surface area contributed by atoms with Crippen LogP contribution in [0.3, 0.4) is 0 Å². The van der Waals surface area contributed by atoms with Crippen LogP contribution >= 0.6 is 0 Å². The van der Waals surface area contributed by atoms with Crippen LogP contribution in [0.4, 0.5) is 0 Å². The fourth-order valence-corrected chi connectivity index (χ4v) is 5.83. The molecule has 1 saturated heterocycles. The Morgan fingerprint density at radius 1 is 1.16 bits per heavy atom. The van der Waals surface area contributed by atoms with Crippen molar-refractivity contribution in [3.63, 3.8) is 0 Å². The second-order valence-electron chi connectivity index (χ2n) is 10.8. The van der Waals surface area contributed by atoms with E-state index in [-0.39, 0.29) is 23.1 Å². The first-order valence-corrected chi connectivity index (χ1v) is 12.8. The van der Waals surface area contributed by atoms with Gasteiger partial charge < -0.3 is 34.3 Å². The Hall–Kier alpha value is -2.76. The van der Waals surface area contributed by atoms with E-state index in [2.05, 4.69) is 0 Å². The minimum atomic E-state index is -2.55. The average molecular weight is 539 g/mol. The number of fused-ring (bicyclic) bond motifs is 3. The standard InChI is InChI=1S/C27H38O11/c1-8-10-11-17(30)35-21-19-18(14(4)20(21)36-23(31)13(3)9-2)22-27(34,26(7,33)24(32)37-22)16(29)12-25(19,6)38-15(5)28/h9,16,19-22,29,33-34H,8,10-12H2,1-7H3/b13-9+/t16-,19?,20-,21?,22-,25-,26+,27+/m1/s1. The van der Waals surface area contributed by atoms with E-state index < -0.39 is 77.4 Å². The van der Waals surface area contributed by atoms with Crippen molar-refractivity contribution in [2.75, 3.05) is 0 Å². The summed E-state index contributed by atoms with van der Waals surface area (Å²) >= 11 is 0. The summed E-state index contributed by atoms with van der Waals surface area (Å²) < 4.78 is 22.8. The molecule has 38 heavy (non-hydrogen) atoms. The van der Waals surface area contributed by atoms with Crippen LogP contribution in [-0.2, 0) is 38.1 Å². The van der Waals surface area contributed by atoms with E-state index in [1.165, 1.54) is 6.92 Å². The zero-order valence-electron chi connectivity index (χ0n) is 22.9. The van der Waals surface area contributed by atoms with Gasteiger partial charge in [0.1, 0.15) is 5.60 Å². The smallest absolute Gasteiger partial charge is 0.341 e.